The van der Waals surface area contributed by atoms with Crippen LogP contribution in [0.25, 0.3) is 4.85 Å². The first-order valence-electron chi connectivity index (χ1n) is 3.05. The van der Waals surface area contributed by atoms with Gasteiger partial charge in [-0.3, -0.25) is 14.4 Å². The van der Waals surface area contributed by atoms with Gasteiger partial charge in [0.05, 0.1) is 0 Å². The van der Waals surface area contributed by atoms with Crippen molar-refractivity contribution in [3.05, 3.63) is 11.4 Å². The van der Waals surface area contributed by atoms with Gasteiger partial charge in [0, 0.05) is 13.8 Å². The van der Waals surface area contributed by atoms with Gasteiger partial charge in [0.1, 0.15) is 0 Å². The summed E-state index contributed by atoms with van der Waals surface area (Å²) in [5, 5.41) is 0.171. The summed E-state index contributed by atoms with van der Waals surface area (Å²) in [7, 11) is 0. The van der Waals surface area contributed by atoms with Crippen LogP contribution in [-0.2, 0) is 14.3 Å². The summed E-state index contributed by atoms with van der Waals surface area (Å²) >= 11 is 1.24. The van der Waals surface area contributed by atoms with E-state index in [1.54, 1.807) is 13.2 Å². The van der Waals surface area contributed by atoms with E-state index in [1.165, 1.54) is 18.7 Å². The first kappa shape index (κ1) is 29.2. The Balaban J connectivity index is -0.0000000383. The van der Waals surface area contributed by atoms with Crippen molar-refractivity contribution in [3.63, 3.8) is 0 Å². The summed E-state index contributed by atoms with van der Waals surface area (Å²) in [6, 6.07) is 0. The minimum absolute atomic E-state index is 0. The third kappa shape index (κ3) is 63.1. The van der Waals surface area contributed by atoms with Crippen molar-refractivity contribution in [1.29, 1.82) is 0 Å². The van der Waals surface area contributed by atoms with Crippen LogP contribution >= 0.6 is 11.8 Å². The molecule has 0 fully saturated rings. The van der Waals surface area contributed by atoms with Crippen molar-refractivity contribution in [2.45, 2.75) is 36.1 Å². The molecule has 0 spiro atoms. The Morgan fingerprint density at radius 2 is 1.60 bits per heavy atom. The molecule has 5 heteroatoms. The molecule has 0 aromatic carbocycles. The van der Waals surface area contributed by atoms with Gasteiger partial charge in [-0.05, 0) is 6.26 Å². The average molecular weight is 237 g/mol. The Bertz CT molecular complexity index is 188. The Morgan fingerprint density at radius 1 is 1.27 bits per heavy atom. The van der Waals surface area contributed by atoms with Crippen LogP contribution in [0.2, 0.25) is 0 Å². The highest BCUT2D eigenvalue weighted by Gasteiger charge is 1.87. The maximum absolute atomic E-state index is 9.84. The number of thioether (sulfide) groups is 1. The fourth-order valence-electron chi connectivity index (χ4n) is 0.123. The third-order valence-corrected chi connectivity index (χ3v) is 1.19. The molecule has 0 aliphatic heterocycles. The van der Waals surface area contributed by atoms with Crippen LogP contribution in [0.15, 0.2) is 0 Å². The second-order valence-corrected chi connectivity index (χ2v) is 2.60. The maximum atomic E-state index is 9.84. The Morgan fingerprint density at radius 3 is 1.67 bits per heavy atom. The molecule has 92 valence electrons. The number of hydrogen-bond donors (Lipinski definition) is 0. The normalized spacial score (nSPS) is 5.73. The molecule has 0 rings (SSSR count). The molecule has 0 saturated heterocycles. The van der Waals surface area contributed by atoms with E-state index >= 15 is 0 Å². The monoisotopic (exact) mass is 237 g/mol. The van der Waals surface area contributed by atoms with Crippen LogP contribution in [0, 0.1) is 6.57 Å². The number of carbonyl (C=O) groups excluding carboxylic acids is 2. The number of ether oxygens (including phenoxy) is 1. The zero-order chi connectivity index (χ0) is 9.98. The highest BCUT2D eigenvalue weighted by atomic mass is 32.2. The molecule has 0 heterocycles. The van der Waals surface area contributed by atoms with Gasteiger partial charge in [0.15, 0.2) is 5.12 Å². The summed E-state index contributed by atoms with van der Waals surface area (Å²) < 4.78 is 4.20. The first-order chi connectivity index (χ1) is 5.54. The fourth-order valence-corrected chi connectivity index (χ4v) is 0.123. The van der Waals surface area contributed by atoms with Crippen molar-refractivity contribution in [3.8, 4) is 0 Å². The van der Waals surface area contributed by atoms with Gasteiger partial charge in [0.2, 0.25) is 0 Å². The van der Waals surface area contributed by atoms with E-state index in [0.717, 1.165) is 0 Å². The molecule has 0 aromatic heterocycles. The summed E-state index contributed by atoms with van der Waals surface area (Å²) in [6.07, 6.45) is 1.77. The van der Waals surface area contributed by atoms with E-state index in [9.17, 15) is 9.59 Å². The summed E-state index contributed by atoms with van der Waals surface area (Å²) in [5.74, 6) is -0.406. The minimum atomic E-state index is -0.406. The minimum Gasteiger partial charge on any atom is -0.394 e. The van der Waals surface area contributed by atoms with Crippen molar-refractivity contribution >= 4 is 22.8 Å². The van der Waals surface area contributed by atoms with E-state index in [0.29, 0.717) is 0 Å². The largest absolute Gasteiger partial charge is 0.394 e. The maximum Gasteiger partial charge on any atom is 0.359 e. The van der Waals surface area contributed by atoms with Crippen molar-refractivity contribution in [1.82, 2.24) is 0 Å². The van der Waals surface area contributed by atoms with Crippen LogP contribution in [0.1, 0.15) is 36.1 Å². The number of hydrogen-bond acceptors (Lipinski definition) is 4. The predicted molar refractivity (Wildman–Crippen MR) is 67.6 cm³/mol. The van der Waals surface area contributed by atoms with Crippen LogP contribution in [0.4, 0.5) is 0 Å². The Labute approximate surface area is 98.2 Å². The molecular weight excluding hydrogens is 214 g/mol. The zero-order valence-corrected chi connectivity index (χ0v) is 8.10. The average Bonchev–Trinajstić information content (AvgIpc) is 2.02. The SMILES string of the molecule is C.C.C.CSC(C)=O.[C-]#[N+]COC(C)=O. The van der Waals surface area contributed by atoms with Gasteiger partial charge in [-0.25, -0.2) is 6.57 Å². The van der Waals surface area contributed by atoms with Crippen LogP contribution in [-0.4, -0.2) is 24.1 Å². The molecule has 4 nitrogen and oxygen atoms in total. The quantitative estimate of drug-likeness (QED) is 0.519. The molecule has 0 N–H and O–H groups in total. The van der Waals surface area contributed by atoms with Gasteiger partial charge in [-0.15, -0.1) is 0 Å². The summed E-state index contributed by atoms with van der Waals surface area (Å²) in [6.45, 7) is 8.80. The lowest BCUT2D eigenvalue weighted by Crippen LogP contribution is -1.95. The third-order valence-electron chi connectivity index (χ3n) is 0.620. The second-order valence-electron chi connectivity index (χ2n) is 1.62. The van der Waals surface area contributed by atoms with Crippen LogP contribution < -0.4 is 0 Å². The molecule has 0 atom stereocenters. The Kier molecular flexibility index (Phi) is 45.0. The van der Waals surface area contributed by atoms with Gasteiger partial charge in [0.25, 0.3) is 0 Å². The molecule has 0 amide bonds. The van der Waals surface area contributed by atoms with Crippen molar-refractivity contribution in [2.75, 3.05) is 13.0 Å². The standard InChI is InChI=1S/C4H5NO2.C3H6OS.3CH4/c1-4(6)7-3-5-2;1-3(4)5-2;;;/h3H2,1H3;1-2H3;3*1H4. The molecule has 0 saturated carbocycles. The molecule has 0 aromatic rings. The van der Waals surface area contributed by atoms with Crippen LogP contribution in [0.5, 0.6) is 0 Å². The van der Waals surface area contributed by atoms with Crippen molar-refractivity contribution in [2.24, 2.45) is 0 Å². The number of nitrogens with zero attached hydrogens (tertiary/aromatic N) is 1. The topological polar surface area (TPSA) is 47.7 Å². The zero-order valence-electron chi connectivity index (χ0n) is 7.29. The predicted octanol–water partition coefficient (Wildman–Crippen LogP) is 3.23. The van der Waals surface area contributed by atoms with Crippen molar-refractivity contribution < 1.29 is 14.3 Å². The molecule has 0 aliphatic carbocycles. The van der Waals surface area contributed by atoms with E-state index in [4.69, 9.17) is 6.57 Å². The highest BCUT2D eigenvalue weighted by molar-refractivity contribution is 8.12. The molecule has 15 heavy (non-hydrogen) atoms. The van der Waals surface area contributed by atoms with E-state index < -0.39 is 5.97 Å². The highest BCUT2D eigenvalue weighted by Crippen LogP contribution is 1.88. The second kappa shape index (κ2) is 23.1. The van der Waals surface area contributed by atoms with Gasteiger partial charge in [-0.2, -0.15) is 0 Å². The Hall–Kier alpha value is -1.02. The molecule has 0 aliphatic rings. The molecule has 0 radical (unpaired) electrons. The van der Waals surface area contributed by atoms with Crippen LogP contribution in [0.3, 0.4) is 0 Å². The van der Waals surface area contributed by atoms with Gasteiger partial charge >= 0.3 is 12.7 Å². The lowest BCUT2D eigenvalue weighted by Gasteiger charge is -1.84. The lowest BCUT2D eigenvalue weighted by molar-refractivity contribution is -0.139. The summed E-state index contributed by atoms with van der Waals surface area (Å²) in [4.78, 5) is 22.4. The first-order valence-corrected chi connectivity index (χ1v) is 4.28. The van der Waals surface area contributed by atoms with Gasteiger partial charge < -0.3 is 4.74 Å². The fraction of sp³-hybridized carbons (Fsp3) is 0.700. The van der Waals surface area contributed by atoms with E-state index in [-0.39, 0.29) is 34.1 Å². The number of esters is 1. The molecular formula is C10H23NO3S. The number of carbonyl (C=O) groups is 2. The summed E-state index contributed by atoms with van der Waals surface area (Å²) in [5.41, 5.74) is 0. The molecule has 0 bridgehead atoms. The van der Waals surface area contributed by atoms with Gasteiger partial charge in [-0.1, -0.05) is 34.0 Å². The lowest BCUT2D eigenvalue weighted by atomic mass is 10.8. The molecule has 0 unspecified atom stereocenters. The smallest absolute Gasteiger partial charge is 0.359 e. The van der Waals surface area contributed by atoms with E-state index in [1.807, 2.05) is 0 Å². The number of rotatable bonds is 1. The van der Waals surface area contributed by atoms with E-state index in [2.05, 4.69) is 9.58 Å².